The molecule has 1 aliphatic heterocycles. The van der Waals surface area contributed by atoms with E-state index in [1.54, 1.807) is 37.2 Å². The maximum atomic E-state index is 5.25. The second kappa shape index (κ2) is 13.5. The Labute approximate surface area is 300 Å². The SMILES string of the molecule is c1cncc(-c2cccc(-c3ccc(/C4=N/c5cnccc5/C(c5ccc(-c6cccc(-c7cccnc7)n6)cc5)=N\c5cnccc54)cc3)n2)c1. The summed E-state index contributed by atoms with van der Waals surface area (Å²) in [5.74, 6) is 0. The average Bonchev–Trinajstić information content (AvgIpc) is 3.22. The van der Waals surface area contributed by atoms with E-state index in [1.165, 1.54) is 0 Å². The van der Waals surface area contributed by atoms with Gasteiger partial charge in [0.15, 0.2) is 0 Å². The van der Waals surface area contributed by atoms with Gasteiger partial charge in [-0.3, -0.25) is 19.9 Å². The predicted molar refractivity (Wildman–Crippen MR) is 205 cm³/mol. The fraction of sp³-hybridized carbons (Fsp3) is 0. The second-order valence-corrected chi connectivity index (χ2v) is 12.2. The number of nitrogens with zero attached hydrogens (tertiary/aromatic N) is 8. The quantitative estimate of drug-likeness (QED) is 0.175. The molecule has 0 saturated heterocycles. The van der Waals surface area contributed by atoms with Crippen molar-refractivity contribution in [3.8, 4) is 45.0 Å². The van der Waals surface area contributed by atoms with Crippen LogP contribution in [-0.4, -0.2) is 41.3 Å². The van der Waals surface area contributed by atoms with Crippen molar-refractivity contribution >= 4 is 22.8 Å². The molecule has 6 aromatic heterocycles. The summed E-state index contributed by atoms with van der Waals surface area (Å²) in [7, 11) is 0. The zero-order valence-electron chi connectivity index (χ0n) is 27.7. The van der Waals surface area contributed by atoms with Gasteiger partial charge in [-0.25, -0.2) is 20.0 Å². The molecule has 9 rings (SSSR count). The molecular weight excluding hydrogens is 641 g/mol. The molecule has 7 heterocycles. The summed E-state index contributed by atoms with van der Waals surface area (Å²) >= 11 is 0. The molecule has 0 amide bonds. The Morgan fingerprint density at radius 2 is 0.673 bits per heavy atom. The molecule has 2 aromatic carbocycles. The lowest BCUT2D eigenvalue weighted by Crippen LogP contribution is -2.10. The third-order valence-electron chi connectivity index (χ3n) is 8.90. The Morgan fingerprint density at radius 1 is 0.288 bits per heavy atom. The summed E-state index contributed by atoms with van der Waals surface area (Å²) in [6.07, 6.45) is 14.3. The molecular formula is C44H28N8. The van der Waals surface area contributed by atoms with Crippen molar-refractivity contribution in [3.63, 3.8) is 0 Å². The van der Waals surface area contributed by atoms with Gasteiger partial charge in [0.1, 0.15) is 0 Å². The van der Waals surface area contributed by atoms with Crippen molar-refractivity contribution < 1.29 is 0 Å². The molecule has 0 spiro atoms. The fourth-order valence-corrected chi connectivity index (χ4v) is 6.29. The summed E-state index contributed by atoms with van der Waals surface area (Å²) in [6, 6.07) is 40.5. The van der Waals surface area contributed by atoms with Gasteiger partial charge in [0.25, 0.3) is 0 Å². The normalized spacial score (nSPS) is 14.1. The molecule has 0 fully saturated rings. The number of hydrogen-bond donors (Lipinski definition) is 0. The number of fused-ring (bicyclic) bond motifs is 2. The number of rotatable bonds is 6. The monoisotopic (exact) mass is 668 g/mol. The molecule has 1 aliphatic rings. The van der Waals surface area contributed by atoms with Crippen molar-refractivity contribution in [2.45, 2.75) is 0 Å². The first-order valence-corrected chi connectivity index (χ1v) is 16.8. The molecule has 52 heavy (non-hydrogen) atoms. The average molecular weight is 669 g/mol. The summed E-state index contributed by atoms with van der Waals surface area (Å²) in [5.41, 5.74) is 14.1. The van der Waals surface area contributed by atoms with Gasteiger partial charge >= 0.3 is 0 Å². The maximum absolute atomic E-state index is 5.25. The smallest absolute Gasteiger partial charge is 0.0914 e. The summed E-state index contributed by atoms with van der Waals surface area (Å²) in [5, 5.41) is 0. The van der Waals surface area contributed by atoms with Gasteiger partial charge in [0.2, 0.25) is 0 Å². The Hall–Kier alpha value is -7.32. The molecule has 8 heteroatoms. The van der Waals surface area contributed by atoms with E-state index in [0.29, 0.717) is 0 Å². The fourth-order valence-electron chi connectivity index (χ4n) is 6.29. The van der Waals surface area contributed by atoms with Gasteiger partial charge in [0.05, 0.1) is 58.0 Å². The molecule has 0 N–H and O–H groups in total. The third-order valence-corrected chi connectivity index (χ3v) is 8.90. The van der Waals surface area contributed by atoms with E-state index in [0.717, 1.165) is 90.1 Å². The van der Waals surface area contributed by atoms with Crippen LogP contribution in [0.3, 0.4) is 0 Å². The molecule has 0 saturated carbocycles. The molecule has 0 aliphatic carbocycles. The minimum atomic E-state index is 0.726. The molecule has 0 unspecified atom stereocenters. The number of aliphatic imine (C=N–C) groups is 2. The third kappa shape index (κ3) is 6.05. The van der Waals surface area contributed by atoms with Crippen molar-refractivity contribution in [3.05, 3.63) is 193 Å². The van der Waals surface area contributed by atoms with Crippen LogP contribution in [0.25, 0.3) is 45.0 Å². The van der Waals surface area contributed by atoms with Gasteiger partial charge in [-0.2, -0.15) is 0 Å². The number of aromatic nitrogens is 6. The number of hydrogen-bond acceptors (Lipinski definition) is 8. The van der Waals surface area contributed by atoms with Gasteiger partial charge in [-0.15, -0.1) is 0 Å². The minimum Gasteiger partial charge on any atom is -0.264 e. The van der Waals surface area contributed by atoms with E-state index in [2.05, 4.69) is 68.5 Å². The van der Waals surface area contributed by atoms with Crippen LogP contribution in [0.4, 0.5) is 11.4 Å². The van der Waals surface area contributed by atoms with Gasteiger partial charge in [-0.05, 0) is 60.7 Å². The standard InChI is InChI=1S/C44H28N8/c1-7-37(49-39(9-1)33-5-3-21-45-25-33)29-11-15-31(16-12-29)43-35-19-23-47-27-41(35)52-44(36-20-24-48-28-42(36)51-43)32-17-13-30(14-18-32)38-8-2-10-40(50-38)34-6-4-22-46-26-34/h1-28H/b43-35?,44-36?,51-42?,51-43-,52-41?,52-44-. The Balaban J connectivity index is 1.07. The van der Waals surface area contributed by atoms with Crippen LogP contribution in [0, 0.1) is 0 Å². The molecule has 8 aromatic rings. The lowest BCUT2D eigenvalue weighted by molar-refractivity contribution is 1.26. The molecule has 0 radical (unpaired) electrons. The van der Waals surface area contributed by atoms with Crippen molar-refractivity contribution in [1.82, 2.24) is 29.9 Å². The minimum absolute atomic E-state index is 0.726. The van der Waals surface area contributed by atoms with E-state index in [1.807, 2.05) is 85.2 Å². The van der Waals surface area contributed by atoms with Crippen LogP contribution in [0.5, 0.6) is 0 Å². The van der Waals surface area contributed by atoms with Gasteiger partial charge in [0, 0.05) is 81.7 Å². The lowest BCUT2D eigenvalue weighted by atomic mass is 9.96. The first kappa shape index (κ1) is 30.7. The predicted octanol–water partition coefficient (Wildman–Crippen LogP) is 9.38. The zero-order valence-corrected chi connectivity index (χ0v) is 27.7. The van der Waals surface area contributed by atoms with Crippen LogP contribution in [0.1, 0.15) is 22.3 Å². The van der Waals surface area contributed by atoms with Crippen LogP contribution in [0.15, 0.2) is 181 Å². The van der Waals surface area contributed by atoms with Gasteiger partial charge in [-0.1, -0.05) is 60.7 Å². The highest BCUT2D eigenvalue weighted by molar-refractivity contribution is 6.22. The molecule has 8 nitrogen and oxygen atoms in total. The van der Waals surface area contributed by atoms with Crippen LogP contribution < -0.4 is 0 Å². The number of benzene rings is 2. The summed E-state index contributed by atoms with van der Waals surface area (Å²) in [6.45, 7) is 0. The highest BCUT2D eigenvalue weighted by Gasteiger charge is 2.21. The lowest BCUT2D eigenvalue weighted by Gasteiger charge is -2.18. The second-order valence-electron chi connectivity index (χ2n) is 12.2. The van der Waals surface area contributed by atoms with Crippen molar-refractivity contribution in [2.75, 3.05) is 0 Å². The van der Waals surface area contributed by atoms with Crippen molar-refractivity contribution in [2.24, 2.45) is 9.98 Å². The van der Waals surface area contributed by atoms with Crippen LogP contribution in [-0.2, 0) is 0 Å². The highest BCUT2D eigenvalue weighted by Crippen LogP contribution is 2.34. The summed E-state index contributed by atoms with van der Waals surface area (Å²) in [4.78, 5) is 37.7. The molecule has 0 atom stereocenters. The van der Waals surface area contributed by atoms with E-state index in [4.69, 9.17) is 20.0 Å². The van der Waals surface area contributed by atoms with E-state index >= 15 is 0 Å². The number of pyridine rings is 6. The first-order chi connectivity index (χ1) is 25.8. The van der Waals surface area contributed by atoms with Crippen molar-refractivity contribution in [1.29, 1.82) is 0 Å². The van der Waals surface area contributed by atoms with E-state index < -0.39 is 0 Å². The first-order valence-electron chi connectivity index (χ1n) is 16.8. The molecule has 244 valence electrons. The van der Waals surface area contributed by atoms with E-state index in [-0.39, 0.29) is 0 Å². The van der Waals surface area contributed by atoms with E-state index in [9.17, 15) is 0 Å². The molecule has 0 bridgehead atoms. The van der Waals surface area contributed by atoms with Crippen LogP contribution in [0.2, 0.25) is 0 Å². The van der Waals surface area contributed by atoms with Crippen LogP contribution >= 0.6 is 0 Å². The van der Waals surface area contributed by atoms with Gasteiger partial charge < -0.3 is 0 Å². The Kier molecular flexibility index (Phi) is 7.99. The largest absolute Gasteiger partial charge is 0.264 e. The summed E-state index contributed by atoms with van der Waals surface area (Å²) < 4.78 is 0. The highest BCUT2D eigenvalue weighted by atomic mass is 14.9. The zero-order chi connectivity index (χ0) is 34.7. The topological polar surface area (TPSA) is 102 Å². The Morgan fingerprint density at radius 3 is 1.08 bits per heavy atom. The maximum Gasteiger partial charge on any atom is 0.0914 e. The Bertz CT molecular complexity index is 2420.